The molecule has 1 heterocycles. The number of anilines is 1. The van der Waals surface area contributed by atoms with E-state index in [2.05, 4.69) is 15.0 Å². The lowest BCUT2D eigenvalue weighted by Crippen LogP contribution is -2.26. The number of aliphatic hydroxyl groups is 1. The number of rotatable bonds is 10. The van der Waals surface area contributed by atoms with Gasteiger partial charge in [0.05, 0.1) is 30.5 Å². The highest BCUT2D eigenvalue weighted by atomic mass is 32.2. The van der Waals surface area contributed by atoms with E-state index >= 15 is 0 Å². The molecular weight excluding hydrogens is 442 g/mol. The van der Waals surface area contributed by atoms with E-state index in [0.29, 0.717) is 30.9 Å². The van der Waals surface area contributed by atoms with Crippen molar-refractivity contribution in [2.75, 3.05) is 37.8 Å². The Morgan fingerprint density at radius 2 is 1.70 bits per heavy atom. The number of hydrogen-bond donors (Lipinski definition) is 4. The summed E-state index contributed by atoms with van der Waals surface area (Å²) in [6, 6.07) is 18.6. The maximum Gasteiger partial charge on any atom is 0.229 e. The number of aromatic nitrogens is 1. The largest absolute Gasteiger partial charge is 0.497 e. The van der Waals surface area contributed by atoms with Crippen molar-refractivity contribution in [1.82, 2.24) is 10.3 Å². The third-order valence-electron chi connectivity index (χ3n) is 5.24. The molecule has 0 saturated heterocycles. The van der Waals surface area contributed by atoms with Crippen LogP contribution in [0.3, 0.4) is 0 Å². The average Bonchev–Trinajstić information content (AvgIpc) is 3.14. The van der Waals surface area contributed by atoms with Crippen molar-refractivity contribution in [3.05, 3.63) is 66.2 Å². The van der Waals surface area contributed by atoms with Gasteiger partial charge < -0.3 is 24.9 Å². The van der Waals surface area contributed by atoms with Crippen molar-refractivity contribution in [1.29, 1.82) is 0 Å². The Labute approximate surface area is 192 Å². The van der Waals surface area contributed by atoms with E-state index in [1.165, 1.54) is 0 Å². The van der Waals surface area contributed by atoms with E-state index in [-0.39, 0.29) is 0 Å². The van der Waals surface area contributed by atoms with Crippen molar-refractivity contribution < 1.29 is 23.0 Å². The Morgan fingerprint density at radius 1 is 1.00 bits per heavy atom. The van der Waals surface area contributed by atoms with Crippen LogP contribution in [-0.2, 0) is 10.0 Å². The van der Waals surface area contributed by atoms with E-state index in [0.717, 1.165) is 39.6 Å². The summed E-state index contributed by atoms with van der Waals surface area (Å²) in [6.07, 6.45) is 0.316. The first-order valence-electron chi connectivity index (χ1n) is 10.5. The molecule has 0 aliphatic heterocycles. The minimum absolute atomic E-state index is 0.314. The molecule has 0 radical (unpaired) electrons. The normalized spacial score (nSPS) is 12.7. The SMILES string of the molecule is COc1ccc2c(c1)[nH]c1cc(OCCNC[C@H](O)c3cccc(NS(C)(=O)=O)c3)ccc12. The quantitative estimate of drug-likeness (QED) is 0.265. The molecule has 4 N–H and O–H groups in total. The summed E-state index contributed by atoms with van der Waals surface area (Å²) in [7, 11) is -1.72. The molecule has 0 spiro atoms. The highest BCUT2D eigenvalue weighted by Crippen LogP contribution is 2.30. The second kappa shape index (κ2) is 9.70. The summed E-state index contributed by atoms with van der Waals surface area (Å²) >= 11 is 0. The molecule has 0 aliphatic rings. The topological polar surface area (TPSA) is 113 Å². The molecule has 0 aliphatic carbocycles. The molecule has 4 rings (SSSR count). The van der Waals surface area contributed by atoms with Gasteiger partial charge in [-0.1, -0.05) is 12.1 Å². The first kappa shape index (κ1) is 22.9. The lowest BCUT2D eigenvalue weighted by molar-refractivity contribution is 0.172. The van der Waals surface area contributed by atoms with Gasteiger partial charge in [0.1, 0.15) is 18.1 Å². The number of H-pyrrole nitrogens is 1. The molecular formula is C24H27N3O5S. The molecule has 9 heteroatoms. The van der Waals surface area contributed by atoms with Crippen LogP contribution in [0, 0.1) is 0 Å². The van der Waals surface area contributed by atoms with E-state index in [4.69, 9.17) is 9.47 Å². The predicted octanol–water partition coefficient (Wildman–Crippen LogP) is 3.40. The number of sulfonamides is 1. The van der Waals surface area contributed by atoms with Crippen LogP contribution in [0.1, 0.15) is 11.7 Å². The van der Waals surface area contributed by atoms with Gasteiger partial charge in [-0.2, -0.15) is 0 Å². The predicted molar refractivity (Wildman–Crippen MR) is 131 cm³/mol. The Morgan fingerprint density at radius 3 is 2.39 bits per heavy atom. The number of benzene rings is 3. The lowest BCUT2D eigenvalue weighted by atomic mass is 10.1. The van der Waals surface area contributed by atoms with Crippen LogP contribution in [0.2, 0.25) is 0 Å². The molecule has 3 aromatic carbocycles. The fourth-order valence-electron chi connectivity index (χ4n) is 3.71. The number of aromatic amines is 1. The number of fused-ring (bicyclic) bond motifs is 3. The molecule has 0 unspecified atom stereocenters. The van der Waals surface area contributed by atoms with Gasteiger partial charge in [0, 0.05) is 41.7 Å². The summed E-state index contributed by atoms with van der Waals surface area (Å²) in [5, 5.41) is 15.8. The van der Waals surface area contributed by atoms with Crippen LogP contribution in [-0.4, -0.2) is 51.6 Å². The van der Waals surface area contributed by atoms with E-state index < -0.39 is 16.1 Å². The standard InChI is InChI=1S/C24H27N3O5S/c1-31-18-6-8-20-21-9-7-19(14-23(21)26-22(20)13-18)32-11-10-25-15-24(28)16-4-3-5-17(12-16)27-33(2,29)30/h3-9,12-14,24-28H,10-11,15H2,1-2H3/t24-/m0/s1. The average molecular weight is 470 g/mol. The van der Waals surface area contributed by atoms with Crippen LogP contribution in [0.15, 0.2) is 60.7 Å². The summed E-state index contributed by atoms with van der Waals surface area (Å²) in [4.78, 5) is 3.39. The number of hydrogen-bond acceptors (Lipinski definition) is 6. The number of methoxy groups -OCH3 is 1. The molecule has 0 saturated carbocycles. The highest BCUT2D eigenvalue weighted by Gasteiger charge is 2.10. The van der Waals surface area contributed by atoms with Crippen LogP contribution >= 0.6 is 0 Å². The minimum atomic E-state index is -3.37. The van der Waals surface area contributed by atoms with Gasteiger partial charge in [-0.05, 0) is 42.0 Å². The molecule has 0 amide bonds. The Balaban J connectivity index is 1.29. The van der Waals surface area contributed by atoms with E-state index in [1.807, 2.05) is 36.4 Å². The van der Waals surface area contributed by atoms with Gasteiger partial charge >= 0.3 is 0 Å². The van der Waals surface area contributed by atoms with Crippen LogP contribution in [0.25, 0.3) is 21.8 Å². The van der Waals surface area contributed by atoms with Crippen LogP contribution in [0.5, 0.6) is 11.5 Å². The van der Waals surface area contributed by atoms with Crippen molar-refractivity contribution in [3.63, 3.8) is 0 Å². The maximum absolute atomic E-state index is 11.4. The van der Waals surface area contributed by atoms with E-state index in [9.17, 15) is 13.5 Å². The monoisotopic (exact) mass is 469 g/mol. The van der Waals surface area contributed by atoms with Crippen molar-refractivity contribution in [3.8, 4) is 11.5 Å². The van der Waals surface area contributed by atoms with Gasteiger partial charge in [-0.3, -0.25) is 4.72 Å². The molecule has 8 nitrogen and oxygen atoms in total. The first-order chi connectivity index (χ1) is 15.8. The van der Waals surface area contributed by atoms with Gasteiger partial charge in [0.25, 0.3) is 0 Å². The first-order valence-corrected chi connectivity index (χ1v) is 12.4. The van der Waals surface area contributed by atoms with Crippen LogP contribution < -0.4 is 19.5 Å². The third-order valence-corrected chi connectivity index (χ3v) is 5.84. The highest BCUT2D eigenvalue weighted by molar-refractivity contribution is 7.92. The van der Waals surface area contributed by atoms with Gasteiger partial charge in [0.2, 0.25) is 10.0 Å². The summed E-state index contributed by atoms with van der Waals surface area (Å²) in [5.41, 5.74) is 3.04. The zero-order valence-electron chi connectivity index (χ0n) is 18.5. The molecule has 1 atom stereocenters. The fourth-order valence-corrected chi connectivity index (χ4v) is 4.26. The second-order valence-corrected chi connectivity index (χ2v) is 9.56. The number of nitrogens with one attached hydrogen (secondary N) is 3. The van der Waals surface area contributed by atoms with Gasteiger partial charge in [-0.15, -0.1) is 0 Å². The summed E-state index contributed by atoms with van der Waals surface area (Å²) < 4.78 is 36.3. The molecule has 1 aromatic heterocycles. The smallest absolute Gasteiger partial charge is 0.229 e. The lowest BCUT2D eigenvalue weighted by Gasteiger charge is -2.14. The fraction of sp³-hybridized carbons (Fsp3) is 0.250. The van der Waals surface area contributed by atoms with Crippen molar-refractivity contribution in [2.45, 2.75) is 6.10 Å². The zero-order valence-corrected chi connectivity index (χ0v) is 19.3. The zero-order chi connectivity index (χ0) is 23.4. The Kier molecular flexibility index (Phi) is 6.73. The maximum atomic E-state index is 11.4. The number of aliphatic hydroxyl groups excluding tert-OH is 1. The van der Waals surface area contributed by atoms with Crippen molar-refractivity contribution >= 4 is 37.5 Å². The summed E-state index contributed by atoms with van der Waals surface area (Å²) in [6.45, 7) is 1.29. The molecule has 0 bridgehead atoms. The second-order valence-electron chi connectivity index (χ2n) is 7.81. The third kappa shape index (κ3) is 5.75. The Hall–Kier alpha value is -3.27. The number of ether oxygens (including phenoxy) is 2. The van der Waals surface area contributed by atoms with Crippen molar-refractivity contribution in [2.24, 2.45) is 0 Å². The summed E-state index contributed by atoms with van der Waals surface area (Å²) in [5.74, 6) is 1.56. The molecule has 4 aromatic rings. The molecule has 33 heavy (non-hydrogen) atoms. The Bertz CT molecular complexity index is 1370. The van der Waals surface area contributed by atoms with E-state index in [1.54, 1.807) is 31.4 Å². The molecule has 174 valence electrons. The molecule has 0 fully saturated rings. The minimum Gasteiger partial charge on any atom is -0.497 e. The van der Waals surface area contributed by atoms with Gasteiger partial charge in [0.15, 0.2) is 0 Å². The van der Waals surface area contributed by atoms with Gasteiger partial charge in [-0.25, -0.2) is 8.42 Å². The van der Waals surface area contributed by atoms with Crippen LogP contribution in [0.4, 0.5) is 5.69 Å².